The Hall–Kier alpha value is -0.830. The van der Waals surface area contributed by atoms with Crippen LogP contribution in [0.5, 0.6) is 0 Å². The van der Waals surface area contributed by atoms with Gasteiger partial charge in [0.1, 0.15) is 0 Å². The van der Waals surface area contributed by atoms with Crippen LogP contribution in [0.2, 0.25) is 0 Å². The zero-order valence-corrected chi connectivity index (χ0v) is 10.7. The zero-order chi connectivity index (χ0) is 11.6. The molecule has 0 amide bonds. The molecule has 1 rings (SSSR count). The van der Waals surface area contributed by atoms with Crippen molar-refractivity contribution in [3.8, 4) is 0 Å². The summed E-state index contributed by atoms with van der Waals surface area (Å²) in [7, 11) is 0. The predicted molar refractivity (Wildman–Crippen MR) is 68.4 cm³/mol. The van der Waals surface area contributed by atoms with Gasteiger partial charge in [0.2, 0.25) is 0 Å². The Morgan fingerprint density at radius 3 is 2.69 bits per heavy atom. The van der Waals surface area contributed by atoms with Gasteiger partial charge in [0.05, 0.1) is 6.33 Å². The van der Waals surface area contributed by atoms with Crippen molar-refractivity contribution in [2.24, 2.45) is 5.92 Å². The maximum atomic E-state index is 4.03. The third-order valence-electron chi connectivity index (χ3n) is 2.63. The van der Waals surface area contributed by atoms with E-state index in [1.165, 1.54) is 32.2 Å². The van der Waals surface area contributed by atoms with E-state index in [9.17, 15) is 0 Å². The number of nitrogens with one attached hydrogen (secondary N) is 1. The van der Waals surface area contributed by atoms with Crippen LogP contribution in [-0.4, -0.2) is 22.6 Å². The third kappa shape index (κ3) is 6.62. The molecule has 0 saturated heterocycles. The molecule has 3 heteroatoms. The van der Waals surface area contributed by atoms with Crippen molar-refractivity contribution in [2.75, 3.05) is 13.1 Å². The molecule has 1 heterocycles. The van der Waals surface area contributed by atoms with E-state index in [0.29, 0.717) is 0 Å². The summed E-state index contributed by atoms with van der Waals surface area (Å²) in [5.74, 6) is 0.765. The van der Waals surface area contributed by atoms with E-state index in [4.69, 9.17) is 0 Å². The molecule has 0 atom stereocenters. The maximum absolute atomic E-state index is 4.03. The van der Waals surface area contributed by atoms with Gasteiger partial charge in [-0.15, -0.1) is 0 Å². The lowest BCUT2D eigenvalue weighted by atomic mass is 10.2. The molecule has 0 saturated carbocycles. The summed E-state index contributed by atoms with van der Waals surface area (Å²) in [5, 5.41) is 3.47. The molecule has 0 spiro atoms. The standard InChI is InChI=1S/C13H25N3/c1-13(2)11-14-7-5-3-4-6-9-16-10-8-15-12-16/h8,10,12-14H,3-7,9,11H2,1-2H3. The van der Waals surface area contributed by atoms with E-state index in [2.05, 4.69) is 28.7 Å². The number of rotatable bonds is 9. The Kier molecular flexibility index (Phi) is 6.90. The summed E-state index contributed by atoms with van der Waals surface area (Å²) >= 11 is 0. The Morgan fingerprint density at radius 1 is 1.19 bits per heavy atom. The molecule has 0 aromatic carbocycles. The smallest absolute Gasteiger partial charge is 0.0945 e. The second-order valence-electron chi connectivity index (χ2n) is 4.81. The highest BCUT2D eigenvalue weighted by Crippen LogP contribution is 2.01. The average molecular weight is 223 g/mol. The molecule has 0 radical (unpaired) electrons. The summed E-state index contributed by atoms with van der Waals surface area (Å²) in [6, 6.07) is 0. The van der Waals surface area contributed by atoms with Crippen LogP contribution in [0.15, 0.2) is 18.7 Å². The molecule has 1 N–H and O–H groups in total. The third-order valence-corrected chi connectivity index (χ3v) is 2.63. The highest BCUT2D eigenvalue weighted by atomic mass is 15.0. The van der Waals surface area contributed by atoms with Crippen molar-refractivity contribution in [3.63, 3.8) is 0 Å². The topological polar surface area (TPSA) is 29.9 Å². The molecule has 16 heavy (non-hydrogen) atoms. The summed E-state index contributed by atoms with van der Waals surface area (Å²) in [4.78, 5) is 4.03. The van der Waals surface area contributed by atoms with E-state index in [0.717, 1.165) is 19.0 Å². The fourth-order valence-corrected chi connectivity index (χ4v) is 1.71. The molecule has 0 aliphatic rings. The lowest BCUT2D eigenvalue weighted by Crippen LogP contribution is -2.20. The Morgan fingerprint density at radius 2 is 2.00 bits per heavy atom. The van der Waals surface area contributed by atoms with Crippen LogP contribution in [0, 0.1) is 5.92 Å². The van der Waals surface area contributed by atoms with Gasteiger partial charge in [-0.25, -0.2) is 4.98 Å². The van der Waals surface area contributed by atoms with Crippen molar-refractivity contribution in [2.45, 2.75) is 46.1 Å². The minimum Gasteiger partial charge on any atom is -0.337 e. The van der Waals surface area contributed by atoms with Crippen LogP contribution >= 0.6 is 0 Å². The summed E-state index contributed by atoms with van der Waals surface area (Å²) in [5.41, 5.74) is 0. The van der Waals surface area contributed by atoms with Gasteiger partial charge in [0.15, 0.2) is 0 Å². The lowest BCUT2D eigenvalue weighted by Gasteiger charge is -2.07. The second-order valence-corrected chi connectivity index (χ2v) is 4.81. The monoisotopic (exact) mass is 223 g/mol. The first-order chi connectivity index (χ1) is 7.79. The molecule has 1 aromatic heterocycles. The number of aromatic nitrogens is 2. The Labute approximate surface area is 99.3 Å². The largest absolute Gasteiger partial charge is 0.337 e. The molecular formula is C13H25N3. The van der Waals surface area contributed by atoms with E-state index in [1.54, 1.807) is 0 Å². The first-order valence-corrected chi connectivity index (χ1v) is 6.45. The number of imidazole rings is 1. The fraction of sp³-hybridized carbons (Fsp3) is 0.769. The van der Waals surface area contributed by atoms with Crippen molar-refractivity contribution in [1.82, 2.24) is 14.9 Å². The SMILES string of the molecule is CC(C)CNCCCCCCn1ccnc1. The van der Waals surface area contributed by atoms with Crippen molar-refractivity contribution >= 4 is 0 Å². The molecule has 92 valence electrons. The summed E-state index contributed by atoms with van der Waals surface area (Å²) in [6.45, 7) is 7.92. The molecule has 0 fully saturated rings. The molecular weight excluding hydrogens is 198 g/mol. The number of hydrogen-bond acceptors (Lipinski definition) is 2. The Balaban J connectivity index is 1.82. The zero-order valence-electron chi connectivity index (χ0n) is 10.7. The number of unbranched alkanes of at least 4 members (excludes halogenated alkanes) is 3. The van der Waals surface area contributed by atoms with Crippen molar-refractivity contribution in [1.29, 1.82) is 0 Å². The molecule has 0 bridgehead atoms. The van der Waals surface area contributed by atoms with Crippen LogP contribution in [0.4, 0.5) is 0 Å². The van der Waals surface area contributed by atoms with Gasteiger partial charge in [0.25, 0.3) is 0 Å². The van der Waals surface area contributed by atoms with Crippen LogP contribution in [0.1, 0.15) is 39.5 Å². The highest BCUT2D eigenvalue weighted by Gasteiger charge is 1.94. The van der Waals surface area contributed by atoms with Gasteiger partial charge >= 0.3 is 0 Å². The predicted octanol–water partition coefficient (Wildman–Crippen LogP) is 2.69. The van der Waals surface area contributed by atoms with Crippen LogP contribution in [-0.2, 0) is 6.54 Å². The van der Waals surface area contributed by atoms with Crippen LogP contribution in [0.3, 0.4) is 0 Å². The molecule has 1 aromatic rings. The van der Waals surface area contributed by atoms with E-state index in [1.807, 2.05) is 18.7 Å². The van der Waals surface area contributed by atoms with Crippen LogP contribution in [0.25, 0.3) is 0 Å². The van der Waals surface area contributed by atoms with Crippen molar-refractivity contribution in [3.05, 3.63) is 18.7 Å². The molecule has 0 aliphatic carbocycles. The quantitative estimate of drug-likeness (QED) is 0.652. The van der Waals surface area contributed by atoms with E-state index < -0.39 is 0 Å². The summed E-state index contributed by atoms with van der Waals surface area (Å²) < 4.78 is 2.15. The number of aryl methyl sites for hydroxylation is 1. The highest BCUT2D eigenvalue weighted by molar-refractivity contribution is 4.73. The fourth-order valence-electron chi connectivity index (χ4n) is 1.71. The first kappa shape index (κ1) is 13.2. The van der Waals surface area contributed by atoms with Gasteiger partial charge < -0.3 is 9.88 Å². The van der Waals surface area contributed by atoms with Gasteiger partial charge in [-0.3, -0.25) is 0 Å². The van der Waals surface area contributed by atoms with Gasteiger partial charge in [-0.2, -0.15) is 0 Å². The lowest BCUT2D eigenvalue weighted by molar-refractivity contribution is 0.516. The molecule has 0 unspecified atom stereocenters. The van der Waals surface area contributed by atoms with Gasteiger partial charge in [0, 0.05) is 18.9 Å². The number of hydrogen-bond donors (Lipinski definition) is 1. The Bertz CT molecular complexity index is 242. The molecule has 3 nitrogen and oxygen atoms in total. The van der Waals surface area contributed by atoms with E-state index in [-0.39, 0.29) is 0 Å². The average Bonchev–Trinajstić information content (AvgIpc) is 2.74. The minimum absolute atomic E-state index is 0.765. The number of nitrogens with zero attached hydrogens (tertiary/aromatic N) is 2. The van der Waals surface area contributed by atoms with Crippen LogP contribution < -0.4 is 5.32 Å². The first-order valence-electron chi connectivity index (χ1n) is 6.45. The van der Waals surface area contributed by atoms with E-state index >= 15 is 0 Å². The molecule has 0 aliphatic heterocycles. The maximum Gasteiger partial charge on any atom is 0.0945 e. The second kappa shape index (κ2) is 8.34. The normalized spacial score (nSPS) is 11.2. The summed E-state index contributed by atoms with van der Waals surface area (Å²) in [6.07, 6.45) is 11.0. The van der Waals surface area contributed by atoms with Gasteiger partial charge in [-0.1, -0.05) is 26.7 Å². The van der Waals surface area contributed by atoms with Gasteiger partial charge in [-0.05, 0) is 31.8 Å². The minimum atomic E-state index is 0.765. The van der Waals surface area contributed by atoms with Crippen molar-refractivity contribution < 1.29 is 0 Å².